The molecule has 0 aliphatic rings. The molecule has 2 aromatic carbocycles. The number of nitrogens with zero attached hydrogens (tertiary/aromatic N) is 1. The molecule has 7 nitrogen and oxygen atoms in total. The zero-order valence-corrected chi connectivity index (χ0v) is 18.3. The number of amides is 2. The third kappa shape index (κ3) is 8.43. The second-order valence-electron chi connectivity index (χ2n) is 7.17. The van der Waals surface area contributed by atoms with Gasteiger partial charge in [-0.1, -0.05) is 24.3 Å². The fourth-order valence-electron chi connectivity index (χ4n) is 2.75. The number of carbonyl (C=O) groups is 1. The van der Waals surface area contributed by atoms with Crippen LogP contribution in [0, 0.1) is 0 Å². The van der Waals surface area contributed by atoms with Crippen molar-refractivity contribution in [2.45, 2.75) is 39.8 Å². The summed E-state index contributed by atoms with van der Waals surface area (Å²) in [6, 6.07) is 15.7. The Kier molecular flexibility index (Phi) is 9.51. The van der Waals surface area contributed by atoms with Crippen LogP contribution in [0.4, 0.5) is 10.5 Å². The predicted octanol–water partition coefficient (Wildman–Crippen LogP) is 3.52. The van der Waals surface area contributed by atoms with E-state index < -0.39 is 0 Å². The summed E-state index contributed by atoms with van der Waals surface area (Å²) in [6.07, 6.45) is 0.896. The van der Waals surface area contributed by atoms with Gasteiger partial charge in [0.25, 0.3) is 0 Å². The molecule has 2 rings (SSSR count). The molecule has 162 valence electrons. The lowest BCUT2D eigenvalue weighted by atomic mass is 10.1. The van der Waals surface area contributed by atoms with Gasteiger partial charge in [-0.15, -0.1) is 0 Å². The molecule has 7 heteroatoms. The second kappa shape index (κ2) is 12.4. The van der Waals surface area contributed by atoms with Crippen LogP contribution in [0.5, 0.6) is 5.75 Å². The van der Waals surface area contributed by atoms with Gasteiger partial charge in [-0.05, 0) is 62.6 Å². The number of ether oxygens (including phenoxy) is 1. The number of carbonyl (C=O) groups excluding carboxylic acids is 1. The molecule has 0 saturated carbocycles. The Morgan fingerprint density at radius 1 is 1.00 bits per heavy atom. The Balaban J connectivity index is 1.84. The number of benzene rings is 2. The van der Waals surface area contributed by atoms with Gasteiger partial charge in [-0.25, -0.2) is 9.79 Å². The van der Waals surface area contributed by atoms with E-state index in [1.165, 1.54) is 5.56 Å². The number of hydrogen-bond donors (Lipinski definition) is 4. The van der Waals surface area contributed by atoms with Crippen molar-refractivity contribution in [1.82, 2.24) is 16.0 Å². The number of nitrogens with one attached hydrogen (secondary N) is 4. The Morgan fingerprint density at radius 2 is 1.67 bits per heavy atom. The van der Waals surface area contributed by atoms with E-state index in [0.717, 1.165) is 42.5 Å². The first-order chi connectivity index (χ1) is 14.5. The molecule has 2 amide bonds. The average molecular weight is 412 g/mol. The summed E-state index contributed by atoms with van der Waals surface area (Å²) in [4.78, 5) is 16.4. The van der Waals surface area contributed by atoms with Gasteiger partial charge in [0.15, 0.2) is 5.96 Å². The summed E-state index contributed by atoms with van der Waals surface area (Å²) in [7, 11) is 1.67. The van der Waals surface area contributed by atoms with Crippen LogP contribution in [0.15, 0.2) is 53.5 Å². The summed E-state index contributed by atoms with van der Waals surface area (Å²) in [6.45, 7) is 8.02. The van der Waals surface area contributed by atoms with E-state index >= 15 is 0 Å². The Labute approximate surface area is 179 Å². The van der Waals surface area contributed by atoms with E-state index in [4.69, 9.17) is 4.74 Å². The van der Waals surface area contributed by atoms with Crippen molar-refractivity contribution in [2.24, 2.45) is 4.99 Å². The number of methoxy groups -OCH3 is 1. The maximum atomic E-state index is 11.8. The summed E-state index contributed by atoms with van der Waals surface area (Å²) in [5.41, 5.74) is 3.06. The van der Waals surface area contributed by atoms with Crippen molar-refractivity contribution in [3.63, 3.8) is 0 Å². The summed E-state index contributed by atoms with van der Waals surface area (Å²) in [5, 5.41) is 12.3. The lowest BCUT2D eigenvalue weighted by Crippen LogP contribution is -2.38. The van der Waals surface area contributed by atoms with Crippen LogP contribution < -0.4 is 26.0 Å². The molecule has 2 aromatic rings. The number of hydrogen-bond acceptors (Lipinski definition) is 3. The molecule has 0 saturated heterocycles. The summed E-state index contributed by atoms with van der Waals surface area (Å²) in [5.74, 6) is 1.65. The normalized spacial score (nSPS) is 11.2. The quantitative estimate of drug-likeness (QED) is 0.376. The SMILES string of the molecule is CCNC(=NCc1ccc(NC(=O)NC(C)C)cc1)NCCc1ccc(OC)cc1. The molecule has 0 atom stereocenters. The van der Waals surface area contributed by atoms with E-state index in [1.54, 1.807) is 7.11 Å². The highest BCUT2D eigenvalue weighted by Gasteiger charge is 2.03. The first-order valence-corrected chi connectivity index (χ1v) is 10.3. The van der Waals surface area contributed by atoms with Crippen LogP contribution in [0.3, 0.4) is 0 Å². The van der Waals surface area contributed by atoms with E-state index in [9.17, 15) is 4.79 Å². The van der Waals surface area contributed by atoms with Crippen LogP contribution in [-0.2, 0) is 13.0 Å². The van der Waals surface area contributed by atoms with Crippen molar-refractivity contribution in [2.75, 3.05) is 25.5 Å². The second-order valence-corrected chi connectivity index (χ2v) is 7.17. The number of anilines is 1. The highest BCUT2D eigenvalue weighted by atomic mass is 16.5. The lowest BCUT2D eigenvalue weighted by molar-refractivity contribution is 0.250. The largest absolute Gasteiger partial charge is 0.497 e. The van der Waals surface area contributed by atoms with Gasteiger partial charge < -0.3 is 26.0 Å². The Bertz CT molecular complexity index is 801. The van der Waals surface area contributed by atoms with E-state index in [-0.39, 0.29) is 12.1 Å². The smallest absolute Gasteiger partial charge is 0.319 e. The van der Waals surface area contributed by atoms with Gasteiger partial charge in [0.05, 0.1) is 13.7 Å². The maximum absolute atomic E-state index is 11.8. The van der Waals surface area contributed by atoms with Crippen LogP contribution in [0.2, 0.25) is 0 Å². The van der Waals surface area contributed by atoms with Gasteiger partial charge in [0, 0.05) is 24.8 Å². The predicted molar refractivity (Wildman–Crippen MR) is 123 cm³/mol. The molecule has 0 radical (unpaired) electrons. The fourth-order valence-corrected chi connectivity index (χ4v) is 2.75. The minimum atomic E-state index is -0.203. The van der Waals surface area contributed by atoms with Gasteiger partial charge >= 0.3 is 6.03 Å². The average Bonchev–Trinajstić information content (AvgIpc) is 2.73. The summed E-state index contributed by atoms with van der Waals surface area (Å²) < 4.78 is 5.19. The monoisotopic (exact) mass is 411 g/mol. The van der Waals surface area contributed by atoms with Crippen molar-refractivity contribution in [3.8, 4) is 5.75 Å². The molecular weight excluding hydrogens is 378 g/mol. The highest BCUT2D eigenvalue weighted by molar-refractivity contribution is 5.89. The third-order valence-corrected chi connectivity index (χ3v) is 4.26. The van der Waals surface area contributed by atoms with Crippen LogP contribution in [0.1, 0.15) is 31.9 Å². The van der Waals surface area contributed by atoms with Crippen LogP contribution in [-0.4, -0.2) is 38.2 Å². The fraction of sp³-hybridized carbons (Fsp3) is 0.391. The van der Waals surface area contributed by atoms with Gasteiger partial charge in [-0.3, -0.25) is 0 Å². The van der Waals surface area contributed by atoms with Crippen molar-refractivity contribution < 1.29 is 9.53 Å². The Morgan fingerprint density at radius 3 is 2.27 bits per heavy atom. The van der Waals surface area contributed by atoms with Crippen molar-refractivity contribution >= 4 is 17.7 Å². The number of aliphatic imine (C=N–C) groups is 1. The molecule has 0 aliphatic heterocycles. The molecule has 0 heterocycles. The molecule has 0 aliphatic carbocycles. The third-order valence-electron chi connectivity index (χ3n) is 4.26. The standard InChI is InChI=1S/C23H33N5O2/c1-5-24-22(25-15-14-18-8-12-21(30-4)13-9-18)26-16-19-6-10-20(11-7-19)28-23(29)27-17(2)3/h6-13,17H,5,14-16H2,1-4H3,(H2,24,25,26)(H2,27,28,29). The molecule has 0 bridgehead atoms. The van der Waals surface area contributed by atoms with E-state index in [1.807, 2.05) is 57.2 Å². The molecular formula is C23H33N5O2. The van der Waals surface area contributed by atoms with Gasteiger partial charge in [0.1, 0.15) is 5.75 Å². The molecule has 30 heavy (non-hydrogen) atoms. The Hall–Kier alpha value is -3.22. The van der Waals surface area contributed by atoms with Gasteiger partial charge in [0.2, 0.25) is 0 Å². The minimum Gasteiger partial charge on any atom is -0.497 e. The molecule has 0 unspecified atom stereocenters. The zero-order chi connectivity index (χ0) is 21.8. The molecule has 0 fully saturated rings. The van der Waals surface area contributed by atoms with Crippen LogP contribution in [0.25, 0.3) is 0 Å². The molecule has 4 N–H and O–H groups in total. The first-order valence-electron chi connectivity index (χ1n) is 10.3. The van der Waals surface area contributed by atoms with E-state index in [2.05, 4.69) is 38.4 Å². The maximum Gasteiger partial charge on any atom is 0.319 e. The lowest BCUT2D eigenvalue weighted by Gasteiger charge is -2.12. The number of rotatable bonds is 9. The number of urea groups is 1. The molecule has 0 aromatic heterocycles. The highest BCUT2D eigenvalue weighted by Crippen LogP contribution is 2.12. The van der Waals surface area contributed by atoms with Crippen LogP contribution >= 0.6 is 0 Å². The topological polar surface area (TPSA) is 86.8 Å². The molecule has 0 spiro atoms. The number of guanidine groups is 1. The van der Waals surface area contributed by atoms with E-state index in [0.29, 0.717) is 6.54 Å². The zero-order valence-electron chi connectivity index (χ0n) is 18.3. The van der Waals surface area contributed by atoms with Crippen molar-refractivity contribution in [1.29, 1.82) is 0 Å². The van der Waals surface area contributed by atoms with Crippen molar-refractivity contribution in [3.05, 3.63) is 59.7 Å². The summed E-state index contributed by atoms with van der Waals surface area (Å²) >= 11 is 0. The van der Waals surface area contributed by atoms with Gasteiger partial charge in [-0.2, -0.15) is 0 Å². The first kappa shape index (κ1) is 23.1. The minimum absolute atomic E-state index is 0.0975.